The molecule has 2 aromatic rings. The van der Waals surface area contributed by atoms with E-state index in [0.717, 1.165) is 22.4 Å². The van der Waals surface area contributed by atoms with E-state index in [1.54, 1.807) is 23.7 Å². The van der Waals surface area contributed by atoms with E-state index in [4.69, 9.17) is 0 Å². The Morgan fingerprint density at radius 2 is 1.86 bits per heavy atom. The summed E-state index contributed by atoms with van der Waals surface area (Å²) in [6.07, 6.45) is 1.97. The third-order valence-corrected chi connectivity index (χ3v) is 4.79. The molecule has 1 aromatic carbocycles. The smallest absolute Gasteiger partial charge is 0.255 e. The minimum absolute atomic E-state index is 0.0688. The first-order valence-corrected chi connectivity index (χ1v) is 7.96. The number of pyridine rings is 1. The summed E-state index contributed by atoms with van der Waals surface area (Å²) in [7, 11) is 1.77. The van der Waals surface area contributed by atoms with Gasteiger partial charge >= 0.3 is 0 Å². The van der Waals surface area contributed by atoms with Crippen LogP contribution in [0.5, 0.6) is 0 Å². The van der Waals surface area contributed by atoms with Gasteiger partial charge in [0.25, 0.3) is 5.91 Å². The van der Waals surface area contributed by atoms with Gasteiger partial charge in [0.2, 0.25) is 5.56 Å². The first-order valence-electron chi connectivity index (χ1n) is 6.67. The number of carbonyl (C=O) groups is 1. The number of nitrogens with zero attached hydrogens (tertiary/aromatic N) is 1. The zero-order valence-electron chi connectivity index (χ0n) is 12.1. The molecule has 0 aliphatic carbocycles. The fourth-order valence-electron chi connectivity index (χ4n) is 2.72. The molecular formula is C16H16N2O2S. The molecule has 0 bridgehead atoms. The number of nitrogens with one attached hydrogen (secondary N) is 1. The Morgan fingerprint density at radius 1 is 1.19 bits per heavy atom. The molecule has 0 saturated heterocycles. The highest BCUT2D eigenvalue weighted by atomic mass is 32.2. The summed E-state index contributed by atoms with van der Waals surface area (Å²) in [4.78, 5) is 28.8. The minimum Gasteiger partial charge on any atom is -0.325 e. The van der Waals surface area contributed by atoms with E-state index in [0.29, 0.717) is 5.56 Å². The predicted octanol–water partition coefficient (Wildman–Crippen LogP) is 2.80. The third kappa shape index (κ3) is 2.17. The summed E-state index contributed by atoms with van der Waals surface area (Å²) < 4.78 is 0. The van der Waals surface area contributed by atoms with Gasteiger partial charge in [-0.1, -0.05) is 29.8 Å². The van der Waals surface area contributed by atoms with Crippen molar-refractivity contribution in [3.63, 3.8) is 0 Å². The van der Waals surface area contributed by atoms with Gasteiger partial charge in [0.05, 0.1) is 11.3 Å². The second-order valence-corrected chi connectivity index (χ2v) is 6.12. The van der Waals surface area contributed by atoms with Crippen LogP contribution in [0.25, 0.3) is 11.3 Å². The van der Waals surface area contributed by atoms with Crippen molar-refractivity contribution in [1.29, 1.82) is 0 Å². The first-order chi connectivity index (χ1) is 10.0. The Morgan fingerprint density at radius 3 is 2.48 bits per heavy atom. The molecule has 1 aromatic heterocycles. The van der Waals surface area contributed by atoms with Gasteiger partial charge in [-0.2, -0.15) is 0 Å². The Hall–Kier alpha value is -2.01. The SMILES string of the molecule is CS[C@@H]1c2c(cc(=O)[nH]c2-c2ccc(C)cc2)C(=O)N1C. The standard InChI is InChI=1S/C16H16N2O2S/c1-9-4-6-10(7-5-9)14-13-11(8-12(19)17-14)15(20)18(2)16(13)21-3/h4-8,16H,1-3H3,(H,17,19)/t16-/m1/s1. The monoisotopic (exact) mass is 300 g/mol. The van der Waals surface area contributed by atoms with Crippen LogP contribution in [0.4, 0.5) is 0 Å². The predicted molar refractivity (Wildman–Crippen MR) is 85.6 cm³/mol. The average Bonchev–Trinajstić information content (AvgIpc) is 2.71. The van der Waals surface area contributed by atoms with E-state index in [9.17, 15) is 9.59 Å². The largest absolute Gasteiger partial charge is 0.325 e. The summed E-state index contributed by atoms with van der Waals surface area (Å²) >= 11 is 1.59. The van der Waals surface area contributed by atoms with E-state index in [2.05, 4.69) is 4.98 Å². The molecule has 1 N–H and O–H groups in total. The number of fused-ring (bicyclic) bond motifs is 1. The molecule has 5 heteroatoms. The number of amides is 1. The van der Waals surface area contributed by atoms with Crippen molar-refractivity contribution in [2.45, 2.75) is 12.3 Å². The molecule has 0 radical (unpaired) electrons. The van der Waals surface area contributed by atoms with Gasteiger partial charge in [-0.25, -0.2) is 0 Å². The van der Waals surface area contributed by atoms with Crippen LogP contribution in [0.1, 0.15) is 26.9 Å². The molecule has 0 unspecified atom stereocenters. The van der Waals surface area contributed by atoms with Crippen LogP contribution in [-0.4, -0.2) is 29.1 Å². The van der Waals surface area contributed by atoms with Gasteiger partial charge in [0.1, 0.15) is 5.37 Å². The molecule has 4 nitrogen and oxygen atoms in total. The lowest BCUT2D eigenvalue weighted by molar-refractivity contribution is 0.0813. The summed E-state index contributed by atoms with van der Waals surface area (Å²) in [5.41, 5.74) is 4.00. The van der Waals surface area contributed by atoms with Crippen molar-refractivity contribution in [2.75, 3.05) is 13.3 Å². The number of aryl methyl sites for hydroxylation is 1. The van der Waals surface area contributed by atoms with Crippen LogP contribution >= 0.6 is 11.8 Å². The number of hydrogen-bond donors (Lipinski definition) is 1. The second-order valence-electron chi connectivity index (χ2n) is 5.21. The van der Waals surface area contributed by atoms with Crippen molar-refractivity contribution < 1.29 is 4.79 Å². The molecule has 0 spiro atoms. The topological polar surface area (TPSA) is 53.2 Å². The maximum absolute atomic E-state index is 12.3. The molecule has 2 heterocycles. The lowest BCUT2D eigenvalue weighted by Gasteiger charge is -2.19. The van der Waals surface area contributed by atoms with Crippen molar-refractivity contribution in [1.82, 2.24) is 9.88 Å². The van der Waals surface area contributed by atoms with Crippen LogP contribution in [0.2, 0.25) is 0 Å². The van der Waals surface area contributed by atoms with Crippen LogP contribution < -0.4 is 5.56 Å². The normalized spacial score (nSPS) is 17.2. The number of thioether (sulfide) groups is 1. The van der Waals surface area contributed by atoms with Gasteiger partial charge in [-0.05, 0) is 18.7 Å². The molecular weight excluding hydrogens is 284 g/mol. The van der Waals surface area contributed by atoms with E-state index < -0.39 is 0 Å². The number of H-pyrrole nitrogens is 1. The Bertz CT molecular complexity index is 765. The maximum Gasteiger partial charge on any atom is 0.255 e. The zero-order chi connectivity index (χ0) is 15.1. The minimum atomic E-state index is -0.243. The highest BCUT2D eigenvalue weighted by molar-refractivity contribution is 7.98. The molecule has 3 rings (SSSR count). The maximum atomic E-state index is 12.3. The van der Waals surface area contributed by atoms with E-state index in [-0.39, 0.29) is 16.8 Å². The van der Waals surface area contributed by atoms with Crippen molar-refractivity contribution in [3.8, 4) is 11.3 Å². The lowest BCUT2D eigenvalue weighted by Crippen LogP contribution is -2.21. The number of rotatable bonds is 2. The number of aromatic nitrogens is 1. The number of aromatic amines is 1. The molecule has 21 heavy (non-hydrogen) atoms. The molecule has 1 aliphatic rings. The molecule has 1 amide bonds. The van der Waals surface area contributed by atoms with Gasteiger partial charge < -0.3 is 9.88 Å². The van der Waals surface area contributed by atoms with E-state index in [1.165, 1.54) is 6.07 Å². The Balaban J connectivity index is 2.28. The second kappa shape index (κ2) is 5.07. The fraction of sp³-hybridized carbons (Fsp3) is 0.250. The highest BCUT2D eigenvalue weighted by Crippen LogP contribution is 2.42. The van der Waals surface area contributed by atoms with Gasteiger partial charge in [-0.3, -0.25) is 9.59 Å². The lowest BCUT2D eigenvalue weighted by atomic mass is 10.0. The van der Waals surface area contributed by atoms with Gasteiger partial charge in [0, 0.05) is 18.7 Å². The molecule has 108 valence electrons. The summed E-state index contributed by atoms with van der Waals surface area (Å²) in [5, 5.41) is -0.0688. The Labute approximate surface area is 127 Å². The molecule has 1 atom stereocenters. The first kappa shape index (κ1) is 13.9. The van der Waals surface area contributed by atoms with E-state index >= 15 is 0 Å². The molecule has 0 fully saturated rings. The van der Waals surface area contributed by atoms with Crippen LogP contribution in [-0.2, 0) is 0 Å². The van der Waals surface area contributed by atoms with Crippen molar-refractivity contribution in [3.05, 3.63) is 57.4 Å². The number of hydrogen-bond acceptors (Lipinski definition) is 3. The number of carbonyl (C=O) groups excluding carboxylic acids is 1. The molecule has 1 aliphatic heterocycles. The van der Waals surface area contributed by atoms with Crippen LogP contribution in [0.3, 0.4) is 0 Å². The third-order valence-electron chi connectivity index (χ3n) is 3.80. The highest BCUT2D eigenvalue weighted by Gasteiger charge is 2.36. The summed E-state index contributed by atoms with van der Waals surface area (Å²) in [6, 6.07) is 9.35. The van der Waals surface area contributed by atoms with Crippen LogP contribution in [0, 0.1) is 6.92 Å². The molecule has 0 saturated carbocycles. The quantitative estimate of drug-likeness (QED) is 0.928. The van der Waals surface area contributed by atoms with Crippen molar-refractivity contribution in [2.24, 2.45) is 0 Å². The van der Waals surface area contributed by atoms with Gasteiger partial charge in [0.15, 0.2) is 0 Å². The van der Waals surface area contributed by atoms with Crippen LogP contribution in [0.15, 0.2) is 35.1 Å². The summed E-state index contributed by atoms with van der Waals surface area (Å²) in [5.74, 6) is -0.0937. The Kier molecular flexibility index (Phi) is 3.37. The number of benzene rings is 1. The van der Waals surface area contributed by atoms with E-state index in [1.807, 2.05) is 37.4 Å². The summed E-state index contributed by atoms with van der Waals surface area (Å²) in [6.45, 7) is 2.02. The van der Waals surface area contributed by atoms with Crippen molar-refractivity contribution >= 4 is 17.7 Å². The van der Waals surface area contributed by atoms with Gasteiger partial charge in [-0.15, -0.1) is 11.8 Å². The fourth-order valence-corrected chi connectivity index (χ4v) is 3.61. The zero-order valence-corrected chi connectivity index (χ0v) is 13.0. The average molecular weight is 300 g/mol.